The number of methoxy groups -OCH3 is 1. The highest BCUT2D eigenvalue weighted by atomic mass is 32.1. The number of halogens is 2. The van der Waals surface area contributed by atoms with Crippen LogP contribution in [0.2, 0.25) is 0 Å². The number of aryl methyl sites for hydroxylation is 1. The second-order valence-electron chi connectivity index (χ2n) is 6.79. The molecule has 2 N–H and O–H groups in total. The van der Waals surface area contributed by atoms with E-state index in [0.717, 1.165) is 34.0 Å². The standard InChI is InChI=1S/C21H18F2N4O3S/c1-11-5-13-16(6-12(22)7-17(13)30-2)27(11)4-3-24-19-9-15(25-10-26-19)18-8-14(23)20(31-18)21(28)29/h5-10H,3-4H2,1-2H3,(H,28,29)(H,24,25,26). The molecule has 7 nitrogen and oxygen atoms in total. The largest absolute Gasteiger partial charge is 0.496 e. The normalized spacial score (nSPS) is 11.1. The molecule has 0 spiro atoms. The fourth-order valence-electron chi connectivity index (χ4n) is 3.42. The van der Waals surface area contributed by atoms with Crippen LogP contribution in [0.4, 0.5) is 14.6 Å². The molecule has 0 atom stereocenters. The topological polar surface area (TPSA) is 89.3 Å². The van der Waals surface area contributed by atoms with Gasteiger partial charge in [-0.25, -0.2) is 23.5 Å². The highest BCUT2D eigenvalue weighted by Crippen LogP contribution is 2.31. The number of hydrogen-bond donors (Lipinski definition) is 2. The third-order valence-electron chi connectivity index (χ3n) is 4.82. The van der Waals surface area contributed by atoms with E-state index in [1.807, 2.05) is 17.6 Å². The summed E-state index contributed by atoms with van der Waals surface area (Å²) in [7, 11) is 1.51. The lowest BCUT2D eigenvalue weighted by Gasteiger charge is -2.11. The van der Waals surface area contributed by atoms with Crippen molar-refractivity contribution in [1.29, 1.82) is 0 Å². The van der Waals surface area contributed by atoms with Crippen LogP contribution in [0.25, 0.3) is 21.5 Å². The summed E-state index contributed by atoms with van der Waals surface area (Å²) in [5.41, 5.74) is 2.11. The molecule has 0 aliphatic carbocycles. The van der Waals surface area contributed by atoms with Crippen molar-refractivity contribution in [3.63, 3.8) is 0 Å². The Bertz CT molecular complexity index is 1290. The Kier molecular flexibility index (Phi) is 5.55. The monoisotopic (exact) mass is 444 g/mol. The summed E-state index contributed by atoms with van der Waals surface area (Å²) in [6, 6.07) is 7.55. The molecule has 0 bridgehead atoms. The number of nitrogens with one attached hydrogen (secondary N) is 1. The van der Waals surface area contributed by atoms with Crippen molar-refractivity contribution in [1.82, 2.24) is 14.5 Å². The summed E-state index contributed by atoms with van der Waals surface area (Å²) in [6.07, 6.45) is 1.33. The number of carboxylic acid groups (broad SMARTS) is 1. The van der Waals surface area contributed by atoms with Gasteiger partial charge in [0.1, 0.15) is 34.4 Å². The van der Waals surface area contributed by atoms with E-state index in [1.54, 1.807) is 6.07 Å². The maximum absolute atomic E-state index is 14.0. The Morgan fingerprint density at radius 3 is 2.74 bits per heavy atom. The average Bonchev–Trinajstić information content (AvgIpc) is 3.28. The molecule has 0 saturated heterocycles. The summed E-state index contributed by atoms with van der Waals surface area (Å²) >= 11 is 0.815. The van der Waals surface area contributed by atoms with Crippen LogP contribution in [0.15, 0.2) is 36.7 Å². The van der Waals surface area contributed by atoms with Crippen molar-refractivity contribution in [2.75, 3.05) is 19.0 Å². The quantitative estimate of drug-likeness (QED) is 0.434. The van der Waals surface area contributed by atoms with Crippen molar-refractivity contribution in [2.45, 2.75) is 13.5 Å². The number of rotatable bonds is 7. The van der Waals surface area contributed by atoms with Crippen molar-refractivity contribution < 1.29 is 23.4 Å². The minimum absolute atomic E-state index is 0.360. The smallest absolute Gasteiger partial charge is 0.348 e. The Hall–Kier alpha value is -3.53. The van der Waals surface area contributed by atoms with E-state index >= 15 is 0 Å². The Morgan fingerprint density at radius 2 is 2.03 bits per heavy atom. The van der Waals surface area contributed by atoms with Gasteiger partial charge in [-0.1, -0.05) is 0 Å². The molecule has 0 radical (unpaired) electrons. The molecule has 4 rings (SSSR count). The van der Waals surface area contributed by atoms with Crippen LogP contribution in [0, 0.1) is 18.6 Å². The van der Waals surface area contributed by atoms with E-state index in [1.165, 1.54) is 25.6 Å². The third-order valence-corrected chi connectivity index (χ3v) is 5.94. The molecule has 0 amide bonds. The van der Waals surface area contributed by atoms with Crippen molar-refractivity contribution in [2.24, 2.45) is 0 Å². The predicted octanol–water partition coefficient (Wildman–Crippen LogP) is 4.57. The van der Waals surface area contributed by atoms with Crippen molar-refractivity contribution >= 4 is 34.0 Å². The first-order valence-corrected chi connectivity index (χ1v) is 10.1. The minimum Gasteiger partial charge on any atom is -0.496 e. The van der Waals surface area contributed by atoms with Gasteiger partial charge in [-0.15, -0.1) is 11.3 Å². The molecule has 1 aromatic carbocycles. The van der Waals surface area contributed by atoms with Gasteiger partial charge >= 0.3 is 5.97 Å². The van der Waals surface area contributed by atoms with Gasteiger partial charge in [0, 0.05) is 36.3 Å². The summed E-state index contributed by atoms with van der Waals surface area (Å²) in [5, 5.41) is 13.0. The van der Waals surface area contributed by atoms with Crippen molar-refractivity contribution in [3.05, 3.63) is 58.9 Å². The number of carbonyl (C=O) groups is 1. The molecule has 0 fully saturated rings. The molecule has 4 aromatic rings. The second-order valence-corrected chi connectivity index (χ2v) is 7.84. The van der Waals surface area contributed by atoms with Crippen LogP contribution in [0.1, 0.15) is 15.4 Å². The molecule has 3 aromatic heterocycles. The third kappa shape index (κ3) is 4.06. The zero-order valence-corrected chi connectivity index (χ0v) is 17.5. The molecule has 10 heteroatoms. The maximum atomic E-state index is 14.0. The lowest BCUT2D eigenvalue weighted by Crippen LogP contribution is -2.12. The maximum Gasteiger partial charge on any atom is 0.348 e. The number of nitrogens with zero attached hydrogens (tertiary/aromatic N) is 3. The number of carboxylic acids is 1. The zero-order chi connectivity index (χ0) is 22.1. The van der Waals surface area contributed by atoms with Gasteiger partial charge in [-0.3, -0.25) is 0 Å². The number of benzene rings is 1. The number of fused-ring (bicyclic) bond motifs is 1. The second kappa shape index (κ2) is 8.31. The lowest BCUT2D eigenvalue weighted by atomic mass is 10.2. The summed E-state index contributed by atoms with van der Waals surface area (Å²) < 4.78 is 35.0. The van der Waals surface area contributed by atoms with Gasteiger partial charge in [0.2, 0.25) is 0 Å². The minimum atomic E-state index is -1.32. The lowest BCUT2D eigenvalue weighted by molar-refractivity contribution is 0.0697. The van der Waals surface area contributed by atoms with E-state index in [9.17, 15) is 13.6 Å². The molecular weight excluding hydrogens is 426 g/mol. The first kappa shape index (κ1) is 20.7. The highest BCUT2D eigenvalue weighted by molar-refractivity contribution is 7.17. The molecule has 160 valence electrons. The van der Waals surface area contributed by atoms with Crippen LogP contribution in [0.3, 0.4) is 0 Å². The molecular formula is C21H18F2N4O3S. The van der Waals surface area contributed by atoms with E-state index in [4.69, 9.17) is 9.84 Å². The van der Waals surface area contributed by atoms with E-state index in [-0.39, 0.29) is 10.7 Å². The van der Waals surface area contributed by atoms with E-state index < -0.39 is 11.8 Å². The van der Waals surface area contributed by atoms with Crippen LogP contribution in [0.5, 0.6) is 5.75 Å². The Balaban J connectivity index is 1.52. The zero-order valence-electron chi connectivity index (χ0n) is 16.6. The summed E-state index contributed by atoms with van der Waals surface area (Å²) in [4.78, 5) is 19.4. The van der Waals surface area contributed by atoms with Crippen LogP contribution in [-0.2, 0) is 6.54 Å². The Morgan fingerprint density at radius 1 is 1.23 bits per heavy atom. The van der Waals surface area contributed by atoms with Crippen LogP contribution in [-0.4, -0.2) is 39.3 Å². The van der Waals surface area contributed by atoms with Gasteiger partial charge in [0.15, 0.2) is 0 Å². The summed E-state index contributed by atoms with van der Waals surface area (Å²) in [6.45, 7) is 2.96. The highest BCUT2D eigenvalue weighted by Gasteiger charge is 2.17. The van der Waals surface area contributed by atoms with Crippen molar-refractivity contribution in [3.8, 4) is 16.3 Å². The van der Waals surface area contributed by atoms with Gasteiger partial charge in [0.05, 0.1) is 23.2 Å². The number of thiophene rings is 1. The van der Waals surface area contributed by atoms with E-state index in [0.29, 0.717) is 35.2 Å². The number of ether oxygens (including phenoxy) is 1. The molecule has 0 aliphatic heterocycles. The first-order valence-electron chi connectivity index (χ1n) is 9.29. The molecule has 31 heavy (non-hydrogen) atoms. The van der Waals surface area contributed by atoms with Gasteiger partial charge in [-0.2, -0.15) is 0 Å². The number of hydrogen-bond acceptors (Lipinski definition) is 6. The summed E-state index contributed by atoms with van der Waals surface area (Å²) in [5.74, 6) is -1.49. The average molecular weight is 444 g/mol. The van der Waals surface area contributed by atoms with Crippen LogP contribution >= 0.6 is 11.3 Å². The van der Waals surface area contributed by atoms with Gasteiger partial charge < -0.3 is 19.7 Å². The molecule has 0 aliphatic rings. The van der Waals surface area contributed by atoms with Gasteiger partial charge in [-0.05, 0) is 25.1 Å². The number of aromatic nitrogens is 3. The molecule has 0 saturated carbocycles. The molecule has 3 heterocycles. The first-order chi connectivity index (χ1) is 14.9. The Labute approximate surface area is 180 Å². The fraction of sp³-hybridized carbons (Fsp3) is 0.190. The SMILES string of the molecule is COc1cc(F)cc2c1cc(C)n2CCNc1cc(-c2cc(F)c(C(=O)O)s2)ncn1. The van der Waals surface area contributed by atoms with Crippen LogP contribution < -0.4 is 10.1 Å². The molecule has 0 unspecified atom stereocenters. The van der Waals surface area contributed by atoms with Gasteiger partial charge in [0.25, 0.3) is 0 Å². The fourth-order valence-corrected chi connectivity index (χ4v) is 4.26. The number of aromatic carboxylic acids is 1. The predicted molar refractivity (Wildman–Crippen MR) is 114 cm³/mol. The van der Waals surface area contributed by atoms with E-state index in [2.05, 4.69) is 15.3 Å². The number of anilines is 1.